The summed E-state index contributed by atoms with van der Waals surface area (Å²) in [4.78, 5) is 36.2. The number of primary sulfonamides is 1. The first-order valence-corrected chi connectivity index (χ1v) is 10.2. The van der Waals surface area contributed by atoms with Gasteiger partial charge in [0.15, 0.2) is 11.6 Å². The van der Waals surface area contributed by atoms with Gasteiger partial charge in [0.1, 0.15) is 5.78 Å². The fourth-order valence-electron chi connectivity index (χ4n) is 3.25. The van der Waals surface area contributed by atoms with Crippen LogP contribution in [0.15, 0.2) is 59.0 Å². The minimum absolute atomic E-state index is 0.0433. The first kappa shape index (κ1) is 19.9. The van der Waals surface area contributed by atoms with Crippen LogP contribution in [0, 0.1) is 0 Å². The summed E-state index contributed by atoms with van der Waals surface area (Å²) in [5, 5.41) is 5.18. The number of fused-ring (bicyclic) bond motifs is 1. The molecule has 6 nitrogen and oxygen atoms in total. The number of benzene rings is 2. The highest BCUT2D eigenvalue weighted by Gasteiger charge is 2.30. The average Bonchev–Trinajstić information content (AvgIpc) is 2.63. The number of carbonyl (C=O) groups excluding carboxylic acids is 3. The molecule has 0 saturated heterocycles. The Balaban J connectivity index is 1.92. The summed E-state index contributed by atoms with van der Waals surface area (Å²) >= 11 is 0. The second-order valence-electron chi connectivity index (χ2n) is 6.79. The molecule has 0 unspecified atom stereocenters. The smallest absolute Gasteiger partial charge is 0.238 e. The third-order valence-corrected chi connectivity index (χ3v) is 5.53. The largest absolute Gasteiger partial charge is 0.300 e. The highest BCUT2D eigenvalue weighted by Crippen LogP contribution is 2.28. The van der Waals surface area contributed by atoms with Crippen LogP contribution in [0.4, 0.5) is 0 Å². The summed E-state index contributed by atoms with van der Waals surface area (Å²) < 4.78 is 23.5. The third-order valence-electron chi connectivity index (χ3n) is 4.57. The average molecular weight is 397 g/mol. The predicted octanol–water partition coefficient (Wildman–Crippen LogP) is 2.40. The molecule has 0 bridgehead atoms. The number of carbonyl (C=O) groups is 3. The Morgan fingerprint density at radius 3 is 2.39 bits per heavy atom. The molecule has 0 atom stereocenters. The van der Waals surface area contributed by atoms with Gasteiger partial charge in [-0.3, -0.25) is 9.59 Å². The van der Waals surface area contributed by atoms with Gasteiger partial charge in [0.05, 0.1) is 10.5 Å². The van der Waals surface area contributed by atoms with Crippen LogP contribution in [0.25, 0.3) is 0 Å². The molecule has 3 rings (SSSR count). The lowest BCUT2D eigenvalue weighted by molar-refractivity contribution is -0.116. The van der Waals surface area contributed by atoms with Gasteiger partial charge in [0.2, 0.25) is 10.0 Å². The summed E-state index contributed by atoms with van der Waals surface area (Å²) in [5.74, 6) is -0.848. The summed E-state index contributed by atoms with van der Waals surface area (Å²) in [6, 6.07) is 11.5. The first-order chi connectivity index (χ1) is 13.2. The van der Waals surface area contributed by atoms with Crippen molar-refractivity contribution in [2.75, 3.05) is 0 Å². The first-order valence-electron chi connectivity index (χ1n) is 8.69. The van der Waals surface area contributed by atoms with Crippen LogP contribution in [0.2, 0.25) is 0 Å². The van der Waals surface area contributed by atoms with Crippen molar-refractivity contribution < 1.29 is 22.8 Å². The molecule has 28 heavy (non-hydrogen) atoms. The van der Waals surface area contributed by atoms with Crippen molar-refractivity contribution in [2.24, 2.45) is 5.14 Å². The maximum Gasteiger partial charge on any atom is 0.238 e. The van der Waals surface area contributed by atoms with Crippen LogP contribution in [-0.4, -0.2) is 25.8 Å². The van der Waals surface area contributed by atoms with Gasteiger partial charge >= 0.3 is 0 Å². The van der Waals surface area contributed by atoms with E-state index in [2.05, 4.69) is 0 Å². The molecule has 7 heteroatoms. The predicted molar refractivity (Wildman–Crippen MR) is 104 cm³/mol. The number of nitrogens with two attached hydrogens (primary N) is 1. The molecule has 0 radical (unpaired) electrons. The van der Waals surface area contributed by atoms with E-state index < -0.39 is 21.6 Å². The zero-order valence-corrected chi connectivity index (χ0v) is 16.1. The van der Waals surface area contributed by atoms with E-state index in [1.165, 1.54) is 31.2 Å². The monoisotopic (exact) mass is 397 g/mol. The second-order valence-corrected chi connectivity index (χ2v) is 8.32. The SMILES string of the molecule is CC(=O)CCc1cccc(CC2=CC(=O)c3c(cccc3S(N)(=O)=O)C2=O)c1. The second kappa shape index (κ2) is 7.61. The maximum atomic E-state index is 12.8. The number of Topliss-reactive ketones (excluding diaryl/α,β-unsaturated/α-hetero) is 2. The van der Waals surface area contributed by atoms with Crippen LogP contribution >= 0.6 is 0 Å². The van der Waals surface area contributed by atoms with E-state index in [1.54, 1.807) is 0 Å². The fourth-order valence-corrected chi connectivity index (χ4v) is 4.01. The molecule has 0 aromatic heterocycles. The van der Waals surface area contributed by atoms with Crippen molar-refractivity contribution in [3.05, 3.63) is 76.4 Å². The van der Waals surface area contributed by atoms with Crippen molar-refractivity contribution in [3.63, 3.8) is 0 Å². The molecule has 0 heterocycles. The van der Waals surface area contributed by atoms with E-state index in [4.69, 9.17) is 5.14 Å². The minimum atomic E-state index is -4.13. The summed E-state index contributed by atoms with van der Waals surface area (Å²) in [5.41, 5.74) is 1.96. The van der Waals surface area contributed by atoms with Gasteiger partial charge < -0.3 is 4.79 Å². The molecule has 0 spiro atoms. The summed E-state index contributed by atoms with van der Waals surface area (Å²) in [7, 11) is -4.13. The molecular formula is C21H19NO5S. The third kappa shape index (κ3) is 4.16. The molecule has 144 valence electrons. The van der Waals surface area contributed by atoms with Gasteiger partial charge in [-0.05, 0) is 36.6 Å². The molecule has 0 fully saturated rings. The zero-order valence-electron chi connectivity index (χ0n) is 15.3. The number of hydrogen-bond acceptors (Lipinski definition) is 5. The van der Waals surface area contributed by atoms with Crippen LogP contribution < -0.4 is 5.14 Å². The molecule has 2 aromatic rings. The van der Waals surface area contributed by atoms with Crippen molar-refractivity contribution >= 4 is 27.4 Å². The quantitative estimate of drug-likeness (QED) is 0.804. The normalized spacial score (nSPS) is 13.9. The van der Waals surface area contributed by atoms with E-state index >= 15 is 0 Å². The van der Waals surface area contributed by atoms with Gasteiger partial charge in [-0.2, -0.15) is 0 Å². The molecule has 2 N–H and O–H groups in total. The lowest BCUT2D eigenvalue weighted by Gasteiger charge is -2.17. The van der Waals surface area contributed by atoms with Crippen LogP contribution in [0.3, 0.4) is 0 Å². The van der Waals surface area contributed by atoms with Crippen LogP contribution in [-0.2, 0) is 27.7 Å². The Morgan fingerprint density at radius 1 is 1.04 bits per heavy atom. The van der Waals surface area contributed by atoms with Gasteiger partial charge in [-0.15, -0.1) is 0 Å². The Kier molecular flexibility index (Phi) is 5.40. The van der Waals surface area contributed by atoms with Gasteiger partial charge in [-0.1, -0.05) is 36.4 Å². The molecule has 0 amide bonds. The summed E-state index contributed by atoms with van der Waals surface area (Å²) in [6.07, 6.45) is 2.46. The Hall–Kier alpha value is -2.90. The highest BCUT2D eigenvalue weighted by molar-refractivity contribution is 7.89. The van der Waals surface area contributed by atoms with E-state index in [0.717, 1.165) is 11.1 Å². The van der Waals surface area contributed by atoms with Gasteiger partial charge in [0, 0.05) is 24.0 Å². The number of hydrogen-bond donors (Lipinski definition) is 1. The number of ketones is 3. The van der Waals surface area contributed by atoms with Crippen molar-refractivity contribution in [3.8, 4) is 0 Å². The van der Waals surface area contributed by atoms with Gasteiger partial charge in [0.25, 0.3) is 0 Å². The van der Waals surface area contributed by atoms with E-state index in [1.807, 2.05) is 24.3 Å². The zero-order chi connectivity index (χ0) is 20.5. The lowest BCUT2D eigenvalue weighted by atomic mass is 9.86. The van der Waals surface area contributed by atoms with Crippen molar-refractivity contribution in [2.45, 2.75) is 31.1 Å². The lowest BCUT2D eigenvalue weighted by Crippen LogP contribution is -2.23. The molecule has 2 aromatic carbocycles. The molecule has 0 saturated carbocycles. The molecule has 1 aliphatic carbocycles. The summed E-state index contributed by atoms with van der Waals surface area (Å²) in [6.45, 7) is 1.54. The Morgan fingerprint density at radius 2 is 1.71 bits per heavy atom. The van der Waals surface area contributed by atoms with Crippen molar-refractivity contribution in [1.82, 2.24) is 0 Å². The molecule has 1 aliphatic rings. The Labute approximate surface area is 163 Å². The van der Waals surface area contributed by atoms with E-state index in [-0.39, 0.29) is 33.8 Å². The van der Waals surface area contributed by atoms with Crippen molar-refractivity contribution in [1.29, 1.82) is 0 Å². The number of aryl methyl sites for hydroxylation is 1. The van der Waals surface area contributed by atoms with Crippen LogP contribution in [0.1, 0.15) is 45.2 Å². The van der Waals surface area contributed by atoms with E-state index in [0.29, 0.717) is 12.8 Å². The highest BCUT2D eigenvalue weighted by atomic mass is 32.2. The van der Waals surface area contributed by atoms with Gasteiger partial charge in [-0.25, -0.2) is 13.6 Å². The number of rotatable bonds is 6. The number of sulfonamides is 1. The fraction of sp³-hybridized carbons (Fsp3) is 0.190. The minimum Gasteiger partial charge on any atom is -0.300 e. The van der Waals surface area contributed by atoms with Crippen LogP contribution in [0.5, 0.6) is 0 Å². The topological polar surface area (TPSA) is 111 Å². The maximum absolute atomic E-state index is 12.8. The standard InChI is InChI=1S/C21H19NO5S/c1-13(23)8-9-14-4-2-5-15(10-14)11-16-12-18(24)20-17(21(16)25)6-3-7-19(20)28(22,26)27/h2-7,10,12H,8-9,11H2,1H3,(H2,22,26,27). The number of allylic oxidation sites excluding steroid dienone is 2. The molecular weight excluding hydrogens is 378 g/mol. The van der Waals surface area contributed by atoms with E-state index in [9.17, 15) is 22.8 Å². The molecule has 0 aliphatic heterocycles. The Bertz CT molecular complexity index is 1130.